The number of ketones is 1. The highest BCUT2D eigenvalue weighted by molar-refractivity contribution is 6.70. The summed E-state index contributed by atoms with van der Waals surface area (Å²) in [7, 11) is -1.79. The Kier molecular flexibility index (Phi) is 8.05. The van der Waals surface area contributed by atoms with E-state index in [0.717, 1.165) is 24.8 Å². The summed E-state index contributed by atoms with van der Waals surface area (Å²) in [5.74, 6) is 0.325. The molecule has 128 valence electrons. The molecule has 0 saturated heterocycles. The number of hydrogen-bond acceptors (Lipinski definition) is 2. The van der Waals surface area contributed by atoms with Crippen molar-refractivity contribution >= 4 is 14.1 Å². The van der Waals surface area contributed by atoms with Crippen LogP contribution >= 0.6 is 0 Å². The summed E-state index contributed by atoms with van der Waals surface area (Å²) in [5, 5.41) is 0. The van der Waals surface area contributed by atoms with Gasteiger partial charge in [0.25, 0.3) is 0 Å². The Morgan fingerprint density at radius 2 is 1.50 bits per heavy atom. The van der Waals surface area contributed by atoms with Crippen molar-refractivity contribution in [1.82, 2.24) is 0 Å². The van der Waals surface area contributed by atoms with Crippen LogP contribution in [0.3, 0.4) is 0 Å². The molecule has 1 atom stereocenters. The molecule has 0 heterocycles. The highest BCUT2D eigenvalue weighted by atomic mass is 28.4. The lowest BCUT2D eigenvalue weighted by Crippen LogP contribution is -2.49. The molecule has 3 heteroatoms. The van der Waals surface area contributed by atoms with E-state index < -0.39 is 13.9 Å². The topological polar surface area (TPSA) is 26.3 Å². The van der Waals surface area contributed by atoms with Gasteiger partial charge in [0.15, 0.2) is 14.1 Å². The van der Waals surface area contributed by atoms with E-state index in [-0.39, 0.29) is 0 Å². The van der Waals surface area contributed by atoms with Gasteiger partial charge in [-0.25, -0.2) is 0 Å². The van der Waals surface area contributed by atoms with E-state index in [9.17, 15) is 4.79 Å². The maximum atomic E-state index is 13.1. The first-order valence-electron chi connectivity index (χ1n) is 9.19. The van der Waals surface area contributed by atoms with Gasteiger partial charge in [-0.05, 0) is 58.3 Å². The number of Topliss-reactive ketones (excluding diaryl/α,β-unsaturated/α-hetero) is 1. The first-order valence-corrected chi connectivity index (χ1v) is 12.6. The highest BCUT2D eigenvalue weighted by Crippen LogP contribution is 2.35. The van der Waals surface area contributed by atoms with Crippen molar-refractivity contribution in [3.8, 4) is 0 Å². The Labute approximate surface area is 138 Å². The van der Waals surface area contributed by atoms with Crippen LogP contribution in [0.2, 0.25) is 19.6 Å². The van der Waals surface area contributed by atoms with Crippen LogP contribution in [0.4, 0.5) is 0 Å². The van der Waals surface area contributed by atoms with Crippen molar-refractivity contribution in [2.45, 2.75) is 103 Å². The van der Waals surface area contributed by atoms with E-state index in [1.165, 1.54) is 38.5 Å². The minimum atomic E-state index is -1.79. The molecule has 2 nitrogen and oxygen atoms in total. The molecule has 1 aliphatic carbocycles. The van der Waals surface area contributed by atoms with Gasteiger partial charge in [-0.2, -0.15) is 0 Å². The average molecular weight is 325 g/mol. The second-order valence-electron chi connectivity index (χ2n) is 7.76. The summed E-state index contributed by atoms with van der Waals surface area (Å²) in [6.07, 6.45) is 13.4. The smallest absolute Gasteiger partial charge is 0.185 e. The minimum absolute atomic E-state index is 0.325. The van der Waals surface area contributed by atoms with Crippen molar-refractivity contribution in [2.75, 3.05) is 0 Å². The van der Waals surface area contributed by atoms with Crippen molar-refractivity contribution in [1.29, 1.82) is 0 Å². The molecule has 0 bridgehead atoms. The largest absolute Gasteiger partial charge is 0.402 e. The first-order chi connectivity index (χ1) is 10.3. The zero-order valence-corrected chi connectivity index (χ0v) is 16.5. The molecule has 0 aliphatic heterocycles. The normalized spacial score (nSPS) is 27.1. The Bertz CT molecular complexity index is 381. The zero-order valence-electron chi connectivity index (χ0n) is 15.5. The average Bonchev–Trinajstić information content (AvgIpc) is 2.44. The van der Waals surface area contributed by atoms with Crippen molar-refractivity contribution in [3.63, 3.8) is 0 Å². The molecule has 0 spiro atoms. The SMILES string of the molecule is C/C=C(/C)C1(O[Si](C)(C)C)CCCCCCCCCCC1=O. The predicted octanol–water partition coefficient (Wildman–Crippen LogP) is 6.03. The van der Waals surface area contributed by atoms with Gasteiger partial charge in [-0.15, -0.1) is 0 Å². The molecule has 0 aromatic rings. The van der Waals surface area contributed by atoms with E-state index in [1.807, 2.05) is 6.92 Å². The van der Waals surface area contributed by atoms with E-state index in [0.29, 0.717) is 12.2 Å². The number of carbonyl (C=O) groups excluding carboxylic acids is 1. The molecule has 1 saturated carbocycles. The van der Waals surface area contributed by atoms with Gasteiger partial charge in [0.05, 0.1) is 0 Å². The van der Waals surface area contributed by atoms with Crippen LogP contribution in [-0.2, 0) is 9.22 Å². The Balaban J connectivity index is 3.03. The van der Waals surface area contributed by atoms with Crippen molar-refractivity contribution in [3.05, 3.63) is 11.6 Å². The van der Waals surface area contributed by atoms with Gasteiger partial charge in [0.2, 0.25) is 0 Å². The molecule has 1 aliphatic rings. The molecule has 0 N–H and O–H groups in total. The highest BCUT2D eigenvalue weighted by Gasteiger charge is 2.42. The lowest BCUT2D eigenvalue weighted by Gasteiger charge is -2.39. The molecule has 0 radical (unpaired) electrons. The van der Waals surface area contributed by atoms with Gasteiger partial charge in [0.1, 0.15) is 5.60 Å². The van der Waals surface area contributed by atoms with Crippen LogP contribution < -0.4 is 0 Å². The lowest BCUT2D eigenvalue weighted by atomic mass is 9.82. The third-order valence-electron chi connectivity index (χ3n) is 4.68. The third kappa shape index (κ3) is 6.00. The monoisotopic (exact) mass is 324 g/mol. The van der Waals surface area contributed by atoms with Gasteiger partial charge in [0, 0.05) is 6.42 Å². The standard InChI is InChI=1S/C19H36O2Si/c1-6-17(2)19(21-22(3,4)5)16-14-12-10-8-7-9-11-13-15-18(19)20/h6H,7-16H2,1-5H3/b17-6-. The van der Waals surface area contributed by atoms with Crippen molar-refractivity contribution < 1.29 is 9.22 Å². The van der Waals surface area contributed by atoms with Gasteiger partial charge in [-0.3, -0.25) is 4.79 Å². The molecule has 1 fully saturated rings. The van der Waals surface area contributed by atoms with E-state index in [4.69, 9.17) is 4.43 Å². The summed E-state index contributed by atoms with van der Waals surface area (Å²) >= 11 is 0. The Morgan fingerprint density at radius 3 is 2.00 bits per heavy atom. The molecular weight excluding hydrogens is 288 g/mol. The van der Waals surface area contributed by atoms with Gasteiger partial charge >= 0.3 is 0 Å². The van der Waals surface area contributed by atoms with Crippen LogP contribution in [0, 0.1) is 0 Å². The molecule has 22 heavy (non-hydrogen) atoms. The quantitative estimate of drug-likeness (QED) is 0.468. The molecule has 0 amide bonds. The van der Waals surface area contributed by atoms with Crippen LogP contribution in [0.5, 0.6) is 0 Å². The maximum absolute atomic E-state index is 13.1. The first kappa shape index (κ1) is 19.6. The molecule has 1 rings (SSSR count). The lowest BCUT2D eigenvalue weighted by molar-refractivity contribution is -0.133. The molecule has 0 aromatic heterocycles. The fourth-order valence-electron chi connectivity index (χ4n) is 3.42. The Morgan fingerprint density at radius 1 is 1.00 bits per heavy atom. The second kappa shape index (κ2) is 9.02. The van der Waals surface area contributed by atoms with E-state index >= 15 is 0 Å². The van der Waals surface area contributed by atoms with Crippen LogP contribution in [-0.4, -0.2) is 19.7 Å². The van der Waals surface area contributed by atoms with Crippen LogP contribution in [0.1, 0.15) is 78.1 Å². The minimum Gasteiger partial charge on any atom is -0.402 e. The molecule has 1 unspecified atom stereocenters. The summed E-state index contributed by atoms with van der Waals surface area (Å²) in [6.45, 7) is 10.7. The summed E-state index contributed by atoms with van der Waals surface area (Å²) in [4.78, 5) is 13.1. The van der Waals surface area contributed by atoms with Gasteiger partial charge in [-0.1, -0.05) is 44.6 Å². The maximum Gasteiger partial charge on any atom is 0.185 e. The fraction of sp³-hybridized carbons (Fsp3) is 0.842. The van der Waals surface area contributed by atoms with Crippen molar-refractivity contribution in [2.24, 2.45) is 0 Å². The Hall–Kier alpha value is -0.413. The number of rotatable bonds is 3. The zero-order chi connectivity index (χ0) is 16.6. The number of allylic oxidation sites excluding steroid dienone is 1. The van der Waals surface area contributed by atoms with Crippen LogP contribution in [0.15, 0.2) is 11.6 Å². The summed E-state index contributed by atoms with van der Waals surface area (Å²) in [6, 6.07) is 0. The molecule has 0 aromatic carbocycles. The predicted molar refractivity (Wildman–Crippen MR) is 97.8 cm³/mol. The summed E-state index contributed by atoms with van der Waals surface area (Å²) in [5.41, 5.74) is 0.482. The third-order valence-corrected chi connectivity index (χ3v) is 5.64. The second-order valence-corrected chi connectivity index (χ2v) is 12.2. The van der Waals surface area contributed by atoms with E-state index in [2.05, 4.69) is 32.6 Å². The molecular formula is C19H36O2Si. The van der Waals surface area contributed by atoms with Gasteiger partial charge < -0.3 is 4.43 Å². The van der Waals surface area contributed by atoms with E-state index in [1.54, 1.807) is 0 Å². The van der Waals surface area contributed by atoms with Crippen LogP contribution in [0.25, 0.3) is 0 Å². The number of hydrogen-bond donors (Lipinski definition) is 0. The fourth-order valence-corrected chi connectivity index (χ4v) is 4.85. The number of carbonyl (C=O) groups is 1. The summed E-state index contributed by atoms with van der Waals surface area (Å²) < 4.78 is 6.56.